The van der Waals surface area contributed by atoms with Gasteiger partial charge in [-0.2, -0.15) is 10.5 Å². The molecule has 0 saturated heterocycles. The van der Waals surface area contributed by atoms with E-state index in [2.05, 4.69) is 5.32 Å². The Bertz CT molecular complexity index is 862. The van der Waals surface area contributed by atoms with Crippen molar-refractivity contribution in [1.29, 1.82) is 10.5 Å². The van der Waals surface area contributed by atoms with Crippen LogP contribution in [0, 0.1) is 22.7 Å². The van der Waals surface area contributed by atoms with E-state index in [-0.39, 0.29) is 12.0 Å². The monoisotopic (exact) mass is 319 g/mol. The van der Waals surface area contributed by atoms with Gasteiger partial charge in [0.25, 0.3) is 5.91 Å². The normalized spacial score (nSPS) is 10.9. The smallest absolute Gasteiger partial charge is 0.326 e. The molecule has 6 nitrogen and oxygen atoms in total. The van der Waals surface area contributed by atoms with Crippen molar-refractivity contribution >= 4 is 11.9 Å². The summed E-state index contributed by atoms with van der Waals surface area (Å²) < 4.78 is 0. The lowest BCUT2D eigenvalue weighted by molar-refractivity contribution is -0.139. The number of nitrogens with one attached hydrogen (secondary N) is 1. The Morgan fingerprint density at radius 1 is 1.04 bits per heavy atom. The second-order valence-electron chi connectivity index (χ2n) is 5.07. The van der Waals surface area contributed by atoms with Gasteiger partial charge in [-0.05, 0) is 35.9 Å². The summed E-state index contributed by atoms with van der Waals surface area (Å²) in [6.45, 7) is 0. The molecule has 0 spiro atoms. The number of aliphatic carboxylic acids is 1. The molecule has 0 aliphatic carbocycles. The van der Waals surface area contributed by atoms with Gasteiger partial charge in [0.1, 0.15) is 6.04 Å². The van der Waals surface area contributed by atoms with Gasteiger partial charge in [0, 0.05) is 12.0 Å². The summed E-state index contributed by atoms with van der Waals surface area (Å²) in [4.78, 5) is 23.6. The summed E-state index contributed by atoms with van der Waals surface area (Å²) >= 11 is 0. The first-order chi connectivity index (χ1) is 11.5. The highest BCUT2D eigenvalue weighted by Gasteiger charge is 2.21. The van der Waals surface area contributed by atoms with Gasteiger partial charge in [-0.3, -0.25) is 4.79 Å². The number of carbonyl (C=O) groups excluding carboxylic acids is 1. The molecule has 0 fully saturated rings. The molecule has 6 heteroatoms. The van der Waals surface area contributed by atoms with E-state index in [1.165, 1.54) is 12.1 Å². The van der Waals surface area contributed by atoms with E-state index in [0.717, 1.165) is 0 Å². The van der Waals surface area contributed by atoms with Gasteiger partial charge in [0.05, 0.1) is 23.3 Å². The van der Waals surface area contributed by atoms with Gasteiger partial charge in [-0.1, -0.05) is 18.2 Å². The fraction of sp³-hybridized carbons (Fsp3) is 0.111. The topological polar surface area (TPSA) is 114 Å². The summed E-state index contributed by atoms with van der Waals surface area (Å²) in [7, 11) is 0. The van der Waals surface area contributed by atoms with Crippen LogP contribution in [-0.2, 0) is 11.2 Å². The minimum Gasteiger partial charge on any atom is -0.480 e. The van der Waals surface area contributed by atoms with Crippen LogP contribution in [0.2, 0.25) is 0 Å². The molecule has 2 aromatic carbocycles. The van der Waals surface area contributed by atoms with E-state index in [4.69, 9.17) is 10.5 Å². The van der Waals surface area contributed by atoms with Crippen LogP contribution in [0.15, 0.2) is 48.5 Å². The van der Waals surface area contributed by atoms with Crippen molar-refractivity contribution < 1.29 is 14.7 Å². The van der Waals surface area contributed by atoms with Crippen LogP contribution in [0.4, 0.5) is 0 Å². The van der Waals surface area contributed by atoms with Gasteiger partial charge in [0.15, 0.2) is 0 Å². The SMILES string of the molecule is N#Cc1cccc(C[C@H](NC(=O)c2cccc(C#N)c2)C(=O)O)c1. The molecule has 0 bridgehead atoms. The number of rotatable bonds is 5. The van der Waals surface area contributed by atoms with Crippen LogP contribution in [0.1, 0.15) is 27.0 Å². The third-order valence-corrected chi connectivity index (χ3v) is 3.35. The first-order valence-corrected chi connectivity index (χ1v) is 7.06. The van der Waals surface area contributed by atoms with Gasteiger partial charge in [-0.15, -0.1) is 0 Å². The van der Waals surface area contributed by atoms with Crippen LogP contribution in [0.3, 0.4) is 0 Å². The standard InChI is InChI=1S/C18H13N3O3/c19-10-13-4-1-3-12(7-13)9-16(18(23)24)21-17(22)15-6-2-5-14(8-15)11-20/h1-8,16H,9H2,(H,21,22)(H,23,24)/t16-/m0/s1. The first-order valence-electron chi connectivity index (χ1n) is 7.06. The molecule has 24 heavy (non-hydrogen) atoms. The van der Waals surface area contributed by atoms with Crippen molar-refractivity contribution in [1.82, 2.24) is 5.32 Å². The number of nitriles is 2. The molecule has 0 saturated carbocycles. The number of hydrogen-bond acceptors (Lipinski definition) is 4. The second kappa shape index (κ2) is 7.57. The summed E-state index contributed by atoms with van der Waals surface area (Å²) in [5, 5.41) is 29.5. The highest BCUT2D eigenvalue weighted by molar-refractivity contribution is 5.96. The van der Waals surface area contributed by atoms with Gasteiger partial charge >= 0.3 is 5.97 Å². The lowest BCUT2D eigenvalue weighted by Gasteiger charge is -2.15. The Morgan fingerprint density at radius 3 is 2.29 bits per heavy atom. The van der Waals surface area contributed by atoms with Crippen molar-refractivity contribution in [3.63, 3.8) is 0 Å². The molecule has 2 rings (SSSR count). The van der Waals surface area contributed by atoms with Crippen molar-refractivity contribution in [2.45, 2.75) is 12.5 Å². The van der Waals surface area contributed by atoms with E-state index in [1.54, 1.807) is 36.4 Å². The third kappa shape index (κ3) is 4.19. The molecule has 0 aliphatic heterocycles. The van der Waals surface area contributed by atoms with Crippen molar-refractivity contribution in [3.8, 4) is 12.1 Å². The lowest BCUT2D eigenvalue weighted by Crippen LogP contribution is -2.42. The molecular formula is C18H13N3O3. The van der Waals surface area contributed by atoms with Crippen molar-refractivity contribution in [3.05, 3.63) is 70.8 Å². The zero-order valence-electron chi connectivity index (χ0n) is 12.6. The van der Waals surface area contributed by atoms with E-state index in [0.29, 0.717) is 16.7 Å². The Kier molecular flexibility index (Phi) is 5.28. The number of carbonyl (C=O) groups is 2. The zero-order valence-corrected chi connectivity index (χ0v) is 12.6. The first kappa shape index (κ1) is 16.7. The molecule has 2 aromatic rings. The Morgan fingerprint density at radius 2 is 1.67 bits per heavy atom. The number of carboxylic acid groups (broad SMARTS) is 1. The van der Waals surface area contributed by atoms with Crippen LogP contribution < -0.4 is 5.32 Å². The van der Waals surface area contributed by atoms with Crippen LogP contribution >= 0.6 is 0 Å². The Labute approximate surface area is 138 Å². The summed E-state index contributed by atoms with van der Waals surface area (Å²) in [6, 6.07) is 15.3. The van der Waals surface area contributed by atoms with Gasteiger partial charge in [-0.25, -0.2) is 4.79 Å². The summed E-state index contributed by atoms with van der Waals surface area (Å²) in [6.07, 6.45) is 0.0501. The minimum atomic E-state index is -1.18. The zero-order chi connectivity index (χ0) is 17.5. The van der Waals surface area contributed by atoms with E-state index >= 15 is 0 Å². The van der Waals surface area contributed by atoms with Crippen molar-refractivity contribution in [2.75, 3.05) is 0 Å². The molecule has 118 valence electrons. The van der Waals surface area contributed by atoms with Gasteiger partial charge < -0.3 is 10.4 Å². The lowest BCUT2D eigenvalue weighted by atomic mass is 10.0. The van der Waals surface area contributed by atoms with Crippen LogP contribution in [0.5, 0.6) is 0 Å². The van der Waals surface area contributed by atoms with E-state index < -0.39 is 17.9 Å². The van der Waals surface area contributed by atoms with Crippen LogP contribution in [-0.4, -0.2) is 23.0 Å². The maximum absolute atomic E-state index is 12.2. The van der Waals surface area contributed by atoms with Gasteiger partial charge in [0.2, 0.25) is 0 Å². The molecule has 2 N–H and O–H groups in total. The Balaban J connectivity index is 2.16. The second-order valence-corrected chi connectivity index (χ2v) is 5.07. The average molecular weight is 319 g/mol. The molecular weight excluding hydrogens is 306 g/mol. The molecule has 0 aliphatic rings. The number of nitrogens with zero attached hydrogens (tertiary/aromatic N) is 2. The number of benzene rings is 2. The third-order valence-electron chi connectivity index (χ3n) is 3.35. The predicted molar refractivity (Wildman–Crippen MR) is 84.9 cm³/mol. The van der Waals surface area contributed by atoms with Crippen molar-refractivity contribution in [2.24, 2.45) is 0 Å². The maximum Gasteiger partial charge on any atom is 0.326 e. The van der Waals surface area contributed by atoms with E-state index in [9.17, 15) is 14.7 Å². The quantitative estimate of drug-likeness (QED) is 0.873. The predicted octanol–water partition coefficient (Wildman–Crippen LogP) is 1.86. The molecule has 0 heterocycles. The highest BCUT2D eigenvalue weighted by atomic mass is 16.4. The molecule has 1 atom stereocenters. The summed E-state index contributed by atoms with van der Waals surface area (Å²) in [5.74, 6) is -1.75. The van der Waals surface area contributed by atoms with Crippen LogP contribution in [0.25, 0.3) is 0 Å². The molecule has 0 unspecified atom stereocenters. The minimum absolute atomic E-state index is 0.0501. The molecule has 0 aromatic heterocycles. The maximum atomic E-state index is 12.2. The molecule has 1 amide bonds. The average Bonchev–Trinajstić information content (AvgIpc) is 2.61. The summed E-state index contributed by atoms with van der Waals surface area (Å²) in [5.41, 5.74) is 1.58. The Hall–Kier alpha value is -3.64. The van der Waals surface area contributed by atoms with E-state index in [1.807, 2.05) is 12.1 Å². The molecule has 0 radical (unpaired) electrons. The number of amides is 1. The number of hydrogen-bond donors (Lipinski definition) is 2. The largest absolute Gasteiger partial charge is 0.480 e. The highest BCUT2D eigenvalue weighted by Crippen LogP contribution is 2.09. The fourth-order valence-electron chi connectivity index (χ4n) is 2.18. The fourth-order valence-corrected chi connectivity index (χ4v) is 2.18. The number of carboxylic acids is 1.